The van der Waals surface area contributed by atoms with Crippen LogP contribution in [0.25, 0.3) is 0 Å². The molecule has 0 amide bonds. The summed E-state index contributed by atoms with van der Waals surface area (Å²) < 4.78 is 0. The van der Waals surface area contributed by atoms with Crippen LogP contribution in [0.3, 0.4) is 0 Å². The lowest BCUT2D eigenvalue weighted by atomic mass is 9.50. The van der Waals surface area contributed by atoms with Crippen molar-refractivity contribution in [2.45, 2.75) is 43.4 Å². The summed E-state index contributed by atoms with van der Waals surface area (Å²) >= 11 is 8.12. The monoisotopic (exact) mass is 307 g/mol. The lowest BCUT2D eigenvalue weighted by Gasteiger charge is -2.56. The van der Waals surface area contributed by atoms with Gasteiger partial charge in [-0.15, -0.1) is 11.8 Å². The fraction of sp³-hybridized carbons (Fsp3) is 0.647. The Kier molecular flexibility index (Phi) is 3.23. The van der Waals surface area contributed by atoms with Gasteiger partial charge >= 0.3 is 0 Å². The van der Waals surface area contributed by atoms with Gasteiger partial charge in [0.1, 0.15) is 0 Å². The van der Waals surface area contributed by atoms with E-state index in [0.29, 0.717) is 16.1 Å². The average molecular weight is 308 g/mol. The van der Waals surface area contributed by atoms with Crippen LogP contribution in [0.5, 0.6) is 0 Å². The first-order valence-corrected chi connectivity index (χ1v) is 9.16. The minimum Gasteiger partial charge on any atom is -0.398 e. The summed E-state index contributed by atoms with van der Waals surface area (Å²) in [6.45, 7) is 0. The van der Waals surface area contributed by atoms with E-state index in [4.69, 9.17) is 17.3 Å². The molecule has 0 aromatic heterocycles. The van der Waals surface area contributed by atoms with Crippen molar-refractivity contribution in [1.29, 1.82) is 0 Å². The molecular weight excluding hydrogens is 286 g/mol. The molecular formula is C17H22ClNS. The first kappa shape index (κ1) is 13.3. The molecule has 0 radical (unpaired) electrons. The number of thioether (sulfide) groups is 1. The summed E-state index contributed by atoms with van der Waals surface area (Å²) in [5, 5.41) is 0.695. The molecule has 2 N–H and O–H groups in total. The SMILES string of the molecule is Nc1ccc(SCC23CC4CC(CC(C4)C2)C3)cc1Cl. The summed E-state index contributed by atoms with van der Waals surface area (Å²) in [6, 6.07) is 6.08. The first-order chi connectivity index (χ1) is 9.62. The molecule has 0 spiro atoms. The second-order valence-corrected chi connectivity index (χ2v) is 8.85. The van der Waals surface area contributed by atoms with Gasteiger partial charge in [-0.25, -0.2) is 0 Å². The van der Waals surface area contributed by atoms with Gasteiger partial charge in [0.15, 0.2) is 0 Å². The zero-order valence-corrected chi connectivity index (χ0v) is 13.3. The van der Waals surface area contributed by atoms with Crippen molar-refractivity contribution in [2.24, 2.45) is 23.2 Å². The largest absolute Gasteiger partial charge is 0.398 e. The Hall–Kier alpha value is -0.340. The van der Waals surface area contributed by atoms with E-state index in [-0.39, 0.29) is 0 Å². The van der Waals surface area contributed by atoms with Gasteiger partial charge in [0.2, 0.25) is 0 Å². The van der Waals surface area contributed by atoms with E-state index in [1.54, 1.807) is 0 Å². The number of halogens is 1. The molecule has 1 aromatic carbocycles. The van der Waals surface area contributed by atoms with Crippen molar-refractivity contribution in [3.63, 3.8) is 0 Å². The smallest absolute Gasteiger partial charge is 0.0646 e. The number of benzene rings is 1. The number of anilines is 1. The van der Waals surface area contributed by atoms with Gasteiger partial charge < -0.3 is 5.73 Å². The molecule has 20 heavy (non-hydrogen) atoms. The van der Waals surface area contributed by atoms with Crippen LogP contribution in [0, 0.1) is 23.2 Å². The van der Waals surface area contributed by atoms with Gasteiger partial charge in [0.25, 0.3) is 0 Å². The van der Waals surface area contributed by atoms with E-state index in [1.165, 1.54) is 49.2 Å². The summed E-state index contributed by atoms with van der Waals surface area (Å²) in [6.07, 6.45) is 9.02. The molecule has 0 heterocycles. The van der Waals surface area contributed by atoms with Crippen molar-refractivity contribution in [1.82, 2.24) is 0 Å². The van der Waals surface area contributed by atoms with Crippen molar-refractivity contribution >= 4 is 29.1 Å². The molecule has 1 nitrogen and oxygen atoms in total. The fourth-order valence-corrected chi connectivity index (χ4v) is 6.74. The molecule has 4 saturated carbocycles. The predicted molar refractivity (Wildman–Crippen MR) is 87.2 cm³/mol. The van der Waals surface area contributed by atoms with Gasteiger partial charge in [0, 0.05) is 10.6 Å². The molecule has 108 valence electrons. The van der Waals surface area contributed by atoms with Crippen molar-refractivity contribution in [3.8, 4) is 0 Å². The van der Waals surface area contributed by atoms with Crippen molar-refractivity contribution in [3.05, 3.63) is 23.2 Å². The number of hydrogen-bond donors (Lipinski definition) is 1. The van der Waals surface area contributed by atoms with Crippen molar-refractivity contribution < 1.29 is 0 Å². The molecule has 4 fully saturated rings. The second kappa shape index (κ2) is 4.84. The third kappa shape index (κ3) is 2.35. The molecule has 0 unspecified atom stereocenters. The molecule has 4 aliphatic rings. The van der Waals surface area contributed by atoms with Gasteiger partial charge in [-0.05, 0) is 79.9 Å². The lowest BCUT2D eigenvalue weighted by Crippen LogP contribution is -2.47. The minimum absolute atomic E-state index is 0.632. The Morgan fingerprint density at radius 2 is 1.70 bits per heavy atom. The summed E-state index contributed by atoms with van der Waals surface area (Å²) in [7, 11) is 0. The number of nitrogens with two attached hydrogens (primary N) is 1. The molecule has 4 aliphatic carbocycles. The molecule has 3 heteroatoms. The zero-order valence-electron chi connectivity index (χ0n) is 11.8. The topological polar surface area (TPSA) is 26.0 Å². The van der Waals surface area contributed by atoms with Crippen LogP contribution in [0.15, 0.2) is 23.1 Å². The summed E-state index contributed by atoms with van der Waals surface area (Å²) in [4.78, 5) is 1.28. The maximum absolute atomic E-state index is 6.13. The van der Waals surface area contributed by atoms with Crippen LogP contribution in [0.4, 0.5) is 5.69 Å². The Balaban J connectivity index is 1.47. The van der Waals surface area contributed by atoms with Crippen molar-refractivity contribution in [2.75, 3.05) is 11.5 Å². The van der Waals surface area contributed by atoms with Crippen LogP contribution in [0.2, 0.25) is 5.02 Å². The van der Waals surface area contributed by atoms with Gasteiger partial charge in [0.05, 0.1) is 10.7 Å². The Labute approximate surface area is 130 Å². The third-order valence-corrected chi connectivity index (χ3v) is 7.35. The minimum atomic E-state index is 0.632. The lowest BCUT2D eigenvalue weighted by molar-refractivity contribution is -0.0381. The third-order valence-electron chi connectivity index (χ3n) is 5.68. The standard InChI is InChI=1S/C17H22ClNS/c18-15-6-14(1-2-16(15)19)20-10-17-7-11-3-12(8-17)5-13(4-11)9-17/h1-2,6,11-13H,3-5,7-10,19H2. The fourth-order valence-electron chi connectivity index (χ4n) is 5.30. The molecule has 0 atom stereocenters. The average Bonchev–Trinajstić information content (AvgIpc) is 2.39. The van der Waals surface area contributed by atoms with E-state index in [1.807, 2.05) is 23.9 Å². The Morgan fingerprint density at radius 1 is 1.10 bits per heavy atom. The highest BCUT2D eigenvalue weighted by Gasteiger charge is 2.50. The highest BCUT2D eigenvalue weighted by Crippen LogP contribution is 2.61. The molecule has 0 saturated heterocycles. The summed E-state index contributed by atoms with van der Waals surface area (Å²) in [5.41, 5.74) is 7.11. The van der Waals surface area contributed by atoms with E-state index < -0.39 is 0 Å². The first-order valence-electron chi connectivity index (χ1n) is 7.80. The molecule has 5 rings (SSSR count). The maximum Gasteiger partial charge on any atom is 0.0646 e. The quantitative estimate of drug-likeness (QED) is 0.611. The van der Waals surface area contributed by atoms with Gasteiger partial charge in [-0.1, -0.05) is 11.6 Å². The van der Waals surface area contributed by atoms with E-state index >= 15 is 0 Å². The highest BCUT2D eigenvalue weighted by atomic mass is 35.5. The molecule has 0 aliphatic heterocycles. The second-order valence-electron chi connectivity index (χ2n) is 7.39. The zero-order chi connectivity index (χ0) is 13.7. The van der Waals surface area contributed by atoms with E-state index in [2.05, 4.69) is 6.07 Å². The Bertz CT molecular complexity index is 492. The molecule has 4 bridgehead atoms. The predicted octanol–water partition coefficient (Wildman–Crippen LogP) is 5.23. The maximum atomic E-state index is 6.13. The van der Waals surface area contributed by atoms with Crippen LogP contribution in [0.1, 0.15) is 38.5 Å². The van der Waals surface area contributed by atoms with Crippen LogP contribution < -0.4 is 5.73 Å². The Morgan fingerprint density at radius 3 is 2.25 bits per heavy atom. The van der Waals surface area contributed by atoms with E-state index in [0.717, 1.165) is 17.8 Å². The van der Waals surface area contributed by atoms with Crippen LogP contribution >= 0.6 is 23.4 Å². The van der Waals surface area contributed by atoms with Crippen LogP contribution in [-0.4, -0.2) is 5.75 Å². The van der Waals surface area contributed by atoms with E-state index in [9.17, 15) is 0 Å². The highest BCUT2D eigenvalue weighted by molar-refractivity contribution is 7.99. The van der Waals surface area contributed by atoms with Gasteiger partial charge in [-0.3, -0.25) is 0 Å². The summed E-state index contributed by atoms with van der Waals surface area (Å²) in [5.74, 6) is 4.39. The normalized spacial score (nSPS) is 38.4. The number of hydrogen-bond acceptors (Lipinski definition) is 2. The van der Waals surface area contributed by atoms with Gasteiger partial charge in [-0.2, -0.15) is 0 Å². The van der Waals surface area contributed by atoms with Crippen LogP contribution in [-0.2, 0) is 0 Å². The number of nitrogen functional groups attached to an aromatic ring is 1. The number of rotatable bonds is 3. The molecule has 1 aromatic rings.